The molecule has 2 aromatic carbocycles. The van der Waals surface area contributed by atoms with Gasteiger partial charge in [-0.1, -0.05) is 102 Å². The van der Waals surface area contributed by atoms with Gasteiger partial charge in [0, 0.05) is 65.3 Å². The number of unbranched alkanes of at least 4 members (excludes halogenated alkanes) is 6. The van der Waals surface area contributed by atoms with Crippen molar-refractivity contribution in [1.82, 2.24) is 84.7 Å². The van der Waals surface area contributed by atoms with E-state index in [1.807, 2.05) is 10.6 Å². The smallest absolute Gasteiger partial charge is 0.407 e. The number of para-hydroxylation sites is 2. The quantitative estimate of drug-likeness (QED) is 0.00868. The minimum atomic E-state index is -2.51. The first kappa shape index (κ1) is 113. The van der Waals surface area contributed by atoms with Gasteiger partial charge in [-0.05, 0) is 94.5 Å². The number of carboxylic acids is 6. The topological polar surface area (TPSA) is 801 Å². The number of alkyl carbamates (subject to hydrolysis) is 1. The van der Waals surface area contributed by atoms with Crippen molar-refractivity contribution in [2.75, 3.05) is 32.0 Å². The Morgan fingerprint density at radius 3 is 1.77 bits per heavy atom. The summed E-state index contributed by atoms with van der Waals surface area (Å²) in [5.74, 6) is -32.7. The van der Waals surface area contributed by atoms with Crippen molar-refractivity contribution >= 4 is 153 Å². The Labute approximate surface area is 789 Å². The van der Waals surface area contributed by atoms with Gasteiger partial charge in [-0.3, -0.25) is 95.9 Å². The number of nitrogens with two attached hydrogens (primary N) is 2. The summed E-state index contributed by atoms with van der Waals surface area (Å²) >= 11 is 0. The Morgan fingerprint density at radius 1 is 0.580 bits per heavy atom. The number of aliphatic carboxylic acids is 6. The van der Waals surface area contributed by atoms with E-state index in [1.165, 1.54) is 37.3 Å². The number of aliphatic hydroxyl groups excluding tert-OH is 1. The van der Waals surface area contributed by atoms with E-state index in [2.05, 4.69) is 87.6 Å². The first-order chi connectivity index (χ1) is 65.1. The maximum Gasteiger partial charge on any atom is 0.407 e. The number of benzene rings is 2. The van der Waals surface area contributed by atoms with Gasteiger partial charge in [0.25, 0.3) is 0 Å². The first-order valence-electron chi connectivity index (χ1n) is 44.4. The maximum atomic E-state index is 15.1. The second-order valence-corrected chi connectivity index (χ2v) is 33.5. The Balaban J connectivity index is 1.63. The number of fused-ring (bicyclic) bond motifs is 1. The number of aromatic nitrogens is 1. The summed E-state index contributed by atoms with van der Waals surface area (Å²) in [6, 6.07) is -12.5. The predicted octanol–water partition coefficient (Wildman–Crippen LogP) is -3.32. The predicted molar refractivity (Wildman–Crippen MR) is 481 cm³/mol. The number of cyclic esters (lactones) is 1. The number of nitrogens with one attached hydrogen (secondary N) is 16. The molecular weight excluding hydrogens is 1820 g/mol. The zero-order valence-corrected chi connectivity index (χ0v) is 76.6. The van der Waals surface area contributed by atoms with Crippen LogP contribution in [0.3, 0.4) is 0 Å². The highest BCUT2D eigenvalue weighted by molar-refractivity contribution is 6.05. The minimum absolute atomic E-state index is 0.0218. The number of hydrogen-bond acceptors (Lipinski definition) is 28. The van der Waals surface area contributed by atoms with Crippen molar-refractivity contribution < 1.29 is 155 Å². The average Bonchev–Trinajstić information content (AvgIpc) is 1.84. The summed E-state index contributed by atoms with van der Waals surface area (Å²) in [6.07, 6.45) is -2.57. The van der Waals surface area contributed by atoms with Crippen molar-refractivity contribution in [3.8, 4) is 0 Å². The molecule has 1 fully saturated rings. The van der Waals surface area contributed by atoms with Gasteiger partial charge in [-0.2, -0.15) is 0 Å². The van der Waals surface area contributed by atoms with Crippen LogP contribution in [-0.4, -0.2) is 288 Å². The number of rotatable bonds is 42. The second-order valence-electron chi connectivity index (χ2n) is 33.5. The number of primary amides is 1. The number of amides is 15. The van der Waals surface area contributed by atoms with Crippen LogP contribution in [0.2, 0.25) is 0 Å². The largest absolute Gasteiger partial charge is 0.481 e. The fourth-order valence-electron chi connectivity index (χ4n) is 14.6. The number of H-pyrrole nitrogens is 1. The van der Waals surface area contributed by atoms with Crippen LogP contribution in [0.4, 0.5) is 10.5 Å². The van der Waals surface area contributed by atoms with Crippen molar-refractivity contribution in [3.63, 3.8) is 0 Å². The number of hydrogen-bond donors (Lipinski definition) is 25. The standard InChI is InChI=1S/C88H122N18O32/c1-7-8-9-10-11-12-13-27-65(110)98-55(33-48-40-92-54-25-17-15-22-50(48)54)78(126)101-56(35-64(90)109)79(127)102-59(38-71(119)120)80(128)106-74-47(5)137-85(134)61(34-63(108)51-23-14-16-24-52(51)89)103-83(131)73(44(2)32-68(113)114)105-81(129)62(43-107)99-67(112)41-93-76(124)57(36-69(115)116)100-75(123)46(4)96-77(125)58(37-70(117)118)95-45(3)53(97-66(111)42-94-82(74)130)26-20-31-91-87(136)138-49-21-18-19-29-88(6,30-28-49)86(135)104-60(84(132)133)39-72(121)122/h14-18,21-25,40,44,46-47,49,53,55-62,73-74,92,95,107H,3,7-13,19-20,26-39,41-43,89H2,1-2,4-6H3,(H2,90,109)(H,91,136)(H,93,124)(H,94,130)(H,96,125)(H,97,111)(H,98,110)(H,99,112)(H,100,123)(H,101,126)(H,102,127)(H,103,131)(H,104,135)(H,105,129)(H,106,128)(H,113,114)(H,115,116)(H,117,118)(H,119,120)(H,121,122)(H,132,133)/b21-18+/t44?,46-,47-,49-,53+,55+,56-,57+,58+,59+,60?,61+,62-,73+,74+,88+/m1/s1. The van der Waals surface area contributed by atoms with Crippen molar-refractivity contribution in [1.29, 1.82) is 0 Å². The highest BCUT2D eigenvalue weighted by Crippen LogP contribution is 2.34. The van der Waals surface area contributed by atoms with E-state index in [1.54, 1.807) is 36.5 Å². The highest BCUT2D eigenvalue weighted by atomic mass is 16.6. The SMILES string of the molecule is C=C1N[C@@H](CC(=O)O)C(=O)N[C@H](C)C(=O)N[C@@H](CC(=O)O)C(=O)NCC(=O)N[C@H](CO)C(=O)N[C@@H](C(C)CC(=O)O)C(=O)N[C@@H](CC(=O)c2ccccc2N)C(=O)O[C@H](C)[C@H](NC(=O)[C@H](CC(=O)O)NC(=O)[C@@H](CC(N)=O)NC(=O)[C@H](Cc2c[nH]c3ccccc23)NC(=O)CCCCCCCCC)C(=O)NCC(=O)N[C@H]1CCCNC(=O)O[C@@H]1/C=C/CC[C@](C)(C(=O)NC(CC(=O)O)C(=O)O)CC1. The van der Waals surface area contributed by atoms with E-state index in [0.29, 0.717) is 29.3 Å². The Hall–Kier alpha value is -15.2. The lowest BCUT2D eigenvalue weighted by Gasteiger charge is -2.31. The van der Waals surface area contributed by atoms with Crippen LogP contribution in [0.25, 0.3) is 10.9 Å². The number of aromatic amines is 1. The number of carboxylic acid groups (broad SMARTS) is 6. The molecule has 5 rings (SSSR count). The molecule has 0 radical (unpaired) electrons. The van der Waals surface area contributed by atoms with Gasteiger partial charge in [0.2, 0.25) is 82.7 Å². The van der Waals surface area contributed by atoms with Crippen molar-refractivity contribution in [2.45, 2.75) is 261 Å². The molecule has 1 aromatic heterocycles. The van der Waals surface area contributed by atoms with Crippen LogP contribution in [0.15, 0.2) is 79.2 Å². The minimum Gasteiger partial charge on any atom is -0.481 e. The molecule has 15 amide bonds. The number of carbonyl (C=O) groups is 23. The lowest BCUT2D eigenvalue weighted by Crippen LogP contribution is -2.61. The Bertz CT molecular complexity index is 4980. The fraction of sp³-hybridized carbons (Fsp3) is 0.534. The van der Waals surface area contributed by atoms with E-state index in [9.17, 15) is 132 Å². The molecule has 50 nitrogen and oxygen atoms in total. The van der Waals surface area contributed by atoms with Crippen LogP contribution in [0.5, 0.6) is 0 Å². The number of esters is 1. The molecule has 16 atom stereocenters. The zero-order valence-electron chi connectivity index (χ0n) is 76.6. The van der Waals surface area contributed by atoms with Crippen LogP contribution in [0, 0.1) is 11.3 Å². The van der Waals surface area contributed by atoms with E-state index in [-0.39, 0.29) is 62.7 Å². The molecule has 50 heteroatoms. The number of allylic oxidation sites excluding steroid dienone is 1. The van der Waals surface area contributed by atoms with Gasteiger partial charge in [0.15, 0.2) is 5.78 Å². The highest BCUT2D eigenvalue weighted by Gasteiger charge is 2.43. The molecule has 0 bridgehead atoms. The summed E-state index contributed by atoms with van der Waals surface area (Å²) in [5.41, 5.74) is 10.6. The summed E-state index contributed by atoms with van der Waals surface area (Å²) < 4.78 is 11.4. The molecular formula is C88H122N18O32. The maximum absolute atomic E-state index is 15.1. The molecule has 0 spiro atoms. The van der Waals surface area contributed by atoms with Crippen LogP contribution >= 0.6 is 0 Å². The number of anilines is 1. The van der Waals surface area contributed by atoms with Crippen LogP contribution in [-0.2, 0) is 117 Å². The normalized spacial score (nSPS) is 22.2. The zero-order chi connectivity index (χ0) is 103. The van der Waals surface area contributed by atoms with E-state index >= 15 is 14.4 Å². The molecule has 27 N–H and O–H groups in total. The van der Waals surface area contributed by atoms with E-state index < -0.39 is 309 Å². The summed E-state index contributed by atoms with van der Waals surface area (Å²) in [7, 11) is 0. The number of nitrogen functional groups attached to an aromatic ring is 1. The number of carbonyl (C=O) groups excluding carboxylic acids is 17. The molecule has 2 unspecified atom stereocenters. The molecule has 3 aromatic rings. The van der Waals surface area contributed by atoms with E-state index in [0.717, 1.165) is 52.9 Å². The summed E-state index contributed by atoms with van der Waals surface area (Å²) in [5, 5.41) is 104. The van der Waals surface area contributed by atoms with Crippen molar-refractivity contribution in [3.05, 3.63) is 90.3 Å². The van der Waals surface area contributed by atoms with Gasteiger partial charge in [-0.15, -0.1) is 0 Å². The molecule has 756 valence electrons. The summed E-state index contributed by atoms with van der Waals surface area (Å²) in [6.45, 7) is 6.20. The Morgan fingerprint density at radius 2 is 1.15 bits per heavy atom. The van der Waals surface area contributed by atoms with Crippen LogP contribution in [0.1, 0.15) is 185 Å². The molecule has 1 aliphatic carbocycles. The Kier molecular flexibility index (Phi) is 46.2. The fourth-order valence-corrected chi connectivity index (χ4v) is 14.6. The molecule has 2 aliphatic rings. The molecule has 138 heavy (non-hydrogen) atoms. The second kappa shape index (κ2) is 56.2. The third-order valence-corrected chi connectivity index (χ3v) is 22.2. The lowest BCUT2D eigenvalue weighted by atomic mass is 9.77. The monoisotopic (exact) mass is 1940 g/mol. The number of aliphatic hydroxyl groups is 1. The lowest BCUT2D eigenvalue weighted by molar-refractivity contribution is -0.156. The molecule has 1 aliphatic heterocycles. The summed E-state index contributed by atoms with van der Waals surface area (Å²) in [4.78, 5) is 317. The number of Topliss-reactive ketones (excluding diaryl/α,β-unsaturated/α-hetero) is 1. The number of ketones is 1. The van der Waals surface area contributed by atoms with Gasteiger partial charge in [-0.25, -0.2) is 14.4 Å². The molecule has 1 saturated heterocycles. The number of ether oxygens (including phenoxy) is 2. The third kappa shape index (κ3) is 38.7. The average molecular weight is 1940 g/mol. The van der Waals surface area contributed by atoms with Gasteiger partial charge >= 0.3 is 47.9 Å². The first-order valence-corrected chi connectivity index (χ1v) is 44.4. The third-order valence-electron chi connectivity index (χ3n) is 22.2. The molecule has 0 saturated carbocycles. The van der Waals surface area contributed by atoms with Gasteiger partial charge < -0.3 is 141 Å². The van der Waals surface area contributed by atoms with Crippen molar-refractivity contribution in [2.24, 2.45) is 17.1 Å². The van der Waals surface area contributed by atoms with Crippen LogP contribution < -0.4 is 91.2 Å². The van der Waals surface area contributed by atoms with Gasteiger partial charge in [0.1, 0.15) is 78.7 Å². The van der Waals surface area contributed by atoms with E-state index in [4.69, 9.17) is 20.9 Å². The van der Waals surface area contributed by atoms with Gasteiger partial charge in [0.05, 0.1) is 64.3 Å². The molecule has 2 heterocycles.